The molecule has 4 aliphatic carbocycles. The third-order valence-corrected chi connectivity index (χ3v) is 8.78. The van der Waals surface area contributed by atoms with Crippen LogP contribution in [-0.2, 0) is 0 Å². The number of rotatable bonds is 1. The molecule has 5 atom stereocenters. The number of hydrogen-bond donors (Lipinski definition) is 0. The molecule has 1 heterocycles. The molecule has 1 aromatic heterocycles. The van der Waals surface area contributed by atoms with Crippen LogP contribution in [-0.4, -0.2) is 4.98 Å². The summed E-state index contributed by atoms with van der Waals surface area (Å²) in [6.45, 7) is 7.35. The molecule has 0 bridgehead atoms. The van der Waals surface area contributed by atoms with Crippen molar-refractivity contribution in [3.8, 4) is 0 Å². The summed E-state index contributed by atoms with van der Waals surface area (Å²) >= 11 is 0. The molecule has 5 rings (SSSR count). The van der Waals surface area contributed by atoms with Gasteiger partial charge < -0.3 is 0 Å². The maximum atomic E-state index is 4.49. The van der Waals surface area contributed by atoms with Crippen LogP contribution in [0.2, 0.25) is 0 Å². The Morgan fingerprint density at radius 3 is 2.69 bits per heavy atom. The van der Waals surface area contributed by atoms with Crippen LogP contribution in [0.3, 0.4) is 0 Å². The summed E-state index contributed by atoms with van der Waals surface area (Å²) in [6, 6.07) is 2.35. The van der Waals surface area contributed by atoms with Crippen LogP contribution in [0.5, 0.6) is 0 Å². The number of pyridine rings is 1. The molecule has 1 heteroatoms. The van der Waals surface area contributed by atoms with Gasteiger partial charge in [-0.2, -0.15) is 0 Å². The van der Waals surface area contributed by atoms with Gasteiger partial charge in [-0.25, -0.2) is 0 Å². The second kappa shape index (κ2) is 5.81. The van der Waals surface area contributed by atoms with Gasteiger partial charge in [-0.15, -0.1) is 0 Å². The zero-order valence-electron chi connectivity index (χ0n) is 16.7. The van der Waals surface area contributed by atoms with Crippen molar-refractivity contribution < 1.29 is 0 Å². The Labute approximate surface area is 159 Å². The number of allylic oxidation sites excluding steroid dienone is 4. The highest BCUT2D eigenvalue weighted by atomic mass is 14.6. The highest BCUT2D eigenvalue weighted by molar-refractivity contribution is 5.72. The van der Waals surface area contributed by atoms with Gasteiger partial charge in [0.05, 0.1) is 0 Å². The molecule has 0 amide bonds. The molecule has 2 saturated carbocycles. The lowest BCUT2D eigenvalue weighted by Gasteiger charge is -2.57. The van der Waals surface area contributed by atoms with E-state index in [-0.39, 0.29) is 0 Å². The zero-order chi connectivity index (χ0) is 17.9. The minimum atomic E-state index is 0.354. The van der Waals surface area contributed by atoms with Gasteiger partial charge in [0.1, 0.15) is 0 Å². The summed E-state index contributed by atoms with van der Waals surface area (Å²) in [5.41, 5.74) is 6.94. The van der Waals surface area contributed by atoms with Gasteiger partial charge in [-0.1, -0.05) is 38.0 Å². The molecule has 0 N–H and O–H groups in total. The normalized spacial score (nSPS) is 41.6. The van der Waals surface area contributed by atoms with Crippen molar-refractivity contribution in [1.82, 2.24) is 4.98 Å². The molecule has 0 saturated heterocycles. The summed E-state index contributed by atoms with van der Waals surface area (Å²) < 4.78 is 0. The van der Waals surface area contributed by atoms with Crippen molar-refractivity contribution in [3.63, 3.8) is 0 Å². The molecule has 0 unspecified atom stereocenters. The molecule has 0 spiro atoms. The predicted octanol–water partition coefficient (Wildman–Crippen LogP) is 6.74. The SMILES string of the molecule is Cc1cncc(C2=CC[C@H]3[C@@H]4CC=C5CCCC[C@]5(C)[C@H]4CC[C@]23C)c1. The van der Waals surface area contributed by atoms with Crippen molar-refractivity contribution >= 4 is 5.57 Å². The quantitative estimate of drug-likeness (QED) is 0.513. The van der Waals surface area contributed by atoms with Gasteiger partial charge >= 0.3 is 0 Å². The van der Waals surface area contributed by atoms with E-state index in [0.717, 1.165) is 17.8 Å². The van der Waals surface area contributed by atoms with Crippen molar-refractivity contribution in [3.05, 3.63) is 47.3 Å². The number of aromatic nitrogens is 1. The minimum absolute atomic E-state index is 0.354. The Bertz CT molecular complexity index is 787. The summed E-state index contributed by atoms with van der Waals surface area (Å²) in [4.78, 5) is 4.49. The lowest BCUT2D eigenvalue weighted by Crippen LogP contribution is -2.48. The van der Waals surface area contributed by atoms with Gasteiger partial charge in [0.15, 0.2) is 0 Å². The summed E-state index contributed by atoms with van der Waals surface area (Å²) in [5.74, 6) is 2.63. The fourth-order valence-electron chi connectivity index (χ4n) is 7.42. The molecule has 138 valence electrons. The van der Waals surface area contributed by atoms with E-state index < -0.39 is 0 Å². The zero-order valence-corrected chi connectivity index (χ0v) is 16.7. The first kappa shape index (κ1) is 16.8. The number of hydrogen-bond acceptors (Lipinski definition) is 1. The van der Waals surface area contributed by atoms with Gasteiger partial charge in [0.2, 0.25) is 0 Å². The summed E-state index contributed by atoms with van der Waals surface area (Å²) in [6.07, 6.45) is 20.4. The molecular formula is C25H33N. The Balaban J connectivity index is 1.49. The van der Waals surface area contributed by atoms with E-state index in [1.807, 2.05) is 11.8 Å². The Morgan fingerprint density at radius 2 is 1.85 bits per heavy atom. The highest BCUT2D eigenvalue weighted by Crippen LogP contribution is 2.66. The average Bonchev–Trinajstić information content (AvgIpc) is 2.98. The molecule has 1 nitrogen and oxygen atoms in total. The van der Waals surface area contributed by atoms with Crippen LogP contribution < -0.4 is 0 Å². The van der Waals surface area contributed by atoms with Gasteiger partial charge in [0.25, 0.3) is 0 Å². The molecular weight excluding hydrogens is 314 g/mol. The fraction of sp³-hybridized carbons (Fsp3) is 0.640. The molecule has 4 aliphatic rings. The third kappa shape index (κ3) is 2.25. The van der Waals surface area contributed by atoms with E-state index in [1.165, 1.54) is 62.5 Å². The van der Waals surface area contributed by atoms with E-state index >= 15 is 0 Å². The maximum absolute atomic E-state index is 4.49. The first-order chi connectivity index (χ1) is 12.5. The van der Waals surface area contributed by atoms with E-state index in [2.05, 4.69) is 50.2 Å². The van der Waals surface area contributed by atoms with Crippen molar-refractivity contribution in [2.45, 2.75) is 72.1 Å². The van der Waals surface area contributed by atoms with Gasteiger partial charge in [0, 0.05) is 12.4 Å². The van der Waals surface area contributed by atoms with E-state index in [4.69, 9.17) is 0 Å². The van der Waals surface area contributed by atoms with E-state index in [1.54, 1.807) is 5.57 Å². The predicted molar refractivity (Wildman–Crippen MR) is 109 cm³/mol. The number of nitrogens with zero attached hydrogens (tertiary/aromatic N) is 1. The minimum Gasteiger partial charge on any atom is -0.264 e. The second-order valence-electron chi connectivity index (χ2n) is 10.0. The largest absolute Gasteiger partial charge is 0.264 e. The topological polar surface area (TPSA) is 12.9 Å². The van der Waals surface area contributed by atoms with Crippen LogP contribution in [0, 0.1) is 35.5 Å². The van der Waals surface area contributed by atoms with Crippen molar-refractivity contribution in [2.24, 2.45) is 28.6 Å². The van der Waals surface area contributed by atoms with E-state index in [9.17, 15) is 0 Å². The molecule has 0 aliphatic heterocycles. The van der Waals surface area contributed by atoms with Crippen LogP contribution >= 0.6 is 0 Å². The van der Waals surface area contributed by atoms with Crippen LogP contribution in [0.4, 0.5) is 0 Å². The van der Waals surface area contributed by atoms with E-state index in [0.29, 0.717) is 10.8 Å². The molecule has 26 heavy (non-hydrogen) atoms. The molecule has 1 aromatic rings. The van der Waals surface area contributed by atoms with Crippen molar-refractivity contribution in [2.75, 3.05) is 0 Å². The summed E-state index contributed by atoms with van der Waals surface area (Å²) in [7, 11) is 0. The first-order valence-corrected chi connectivity index (χ1v) is 10.8. The van der Waals surface area contributed by atoms with Gasteiger partial charge in [-0.05, 0) is 103 Å². The highest BCUT2D eigenvalue weighted by Gasteiger charge is 2.56. The maximum Gasteiger partial charge on any atom is 0.0343 e. The molecule has 0 radical (unpaired) electrons. The monoisotopic (exact) mass is 347 g/mol. The van der Waals surface area contributed by atoms with Crippen molar-refractivity contribution in [1.29, 1.82) is 0 Å². The van der Waals surface area contributed by atoms with Crippen LogP contribution in [0.1, 0.15) is 76.3 Å². The first-order valence-electron chi connectivity index (χ1n) is 10.8. The number of aryl methyl sites for hydroxylation is 1. The molecule has 0 aromatic carbocycles. The standard InChI is InChI=1S/C25H33N/c1-17-14-18(16-26-15-17)21-9-10-22-20-8-7-19-6-4-5-12-24(19,2)23(20)11-13-25(21,22)3/h7,9,14-16,20,22-23H,4-6,8,10-13H2,1-3H3/t20-,22-,23-,24-,25+/m0/s1. The Kier molecular flexibility index (Phi) is 3.75. The number of fused-ring (bicyclic) bond motifs is 5. The van der Waals surface area contributed by atoms with Crippen LogP contribution in [0.25, 0.3) is 5.57 Å². The fourth-order valence-corrected chi connectivity index (χ4v) is 7.42. The Morgan fingerprint density at radius 1 is 0.962 bits per heavy atom. The second-order valence-corrected chi connectivity index (χ2v) is 10.0. The smallest absolute Gasteiger partial charge is 0.0343 e. The van der Waals surface area contributed by atoms with Crippen LogP contribution in [0.15, 0.2) is 36.2 Å². The lowest BCUT2D eigenvalue weighted by atomic mass is 9.47. The lowest BCUT2D eigenvalue weighted by molar-refractivity contribution is -0.00980. The summed E-state index contributed by atoms with van der Waals surface area (Å²) in [5, 5.41) is 0. The van der Waals surface area contributed by atoms with Gasteiger partial charge in [-0.3, -0.25) is 4.98 Å². The average molecular weight is 348 g/mol. The Hall–Kier alpha value is -1.37. The molecule has 2 fully saturated rings. The third-order valence-electron chi connectivity index (χ3n) is 8.78.